The van der Waals surface area contributed by atoms with E-state index in [0.29, 0.717) is 22.3 Å². The quantitative estimate of drug-likeness (QED) is 0.312. The number of likely N-dealkylation sites (N-methyl/N-ethyl adjacent to an activating group) is 1. The highest BCUT2D eigenvalue weighted by atomic mass is 35.5. The van der Waals surface area contributed by atoms with Crippen LogP contribution in [0, 0.1) is 0 Å². The number of benzene rings is 2. The molecule has 2 aromatic carbocycles. The second kappa shape index (κ2) is 12.1. The number of anilines is 1. The van der Waals surface area contributed by atoms with Crippen molar-refractivity contribution in [2.24, 2.45) is 0 Å². The molecule has 9 heteroatoms. The van der Waals surface area contributed by atoms with Crippen molar-refractivity contribution in [3.8, 4) is 0 Å². The van der Waals surface area contributed by atoms with Crippen molar-refractivity contribution in [2.45, 2.75) is 18.7 Å². The number of hydrogen-bond donors (Lipinski definition) is 0. The summed E-state index contributed by atoms with van der Waals surface area (Å²) in [5.74, 6) is 0.388. The molecule has 1 heterocycles. The van der Waals surface area contributed by atoms with Gasteiger partial charge in [0.15, 0.2) is 5.13 Å². The SMILES string of the molecule is CCN(CC)CCN(C(=O)CSc1ccc(Cl)cc1)c1nc2ccc(Cl)cc2s1.Cl. The van der Waals surface area contributed by atoms with Gasteiger partial charge in [-0.2, -0.15) is 0 Å². The number of rotatable bonds is 9. The Morgan fingerprint density at radius 1 is 1.03 bits per heavy atom. The van der Waals surface area contributed by atoms with Gasteiger partial charge in [0.1, 0.15) is 0 Å². The van der Waals surface area contributed by atoms with Crippen LogP contribution in [0.15, 0.2) is 47.4 Å². The maximum absolute atomic E-state index is 13.1. The van der Waals surface area contributed by atoms with E-state index < -0.39 is 0 Å². The third-order valence-electron chi connectivity index (χ3n) is 4.58. The molecule has 3 rings (SSSR count). The minimum Gasteiger partial charge on any atom is -0.302 e. The molecule has 0 N–H and O–H groups in total. The summed E-state index contributed by atoms with van der Waals surface area (Å²) in [6.07, 6.45) is 0. The number of carbonyl (C=O) groups excluding carboxylic acids is 1. The molecule has 0 unspecified atom stereocenters. The van der Waals surface area contributed by atoms with Crippen molar-refractivity contribution in [2.75, 3.05) is 36.8 Å². The number of thiazole rings is 1. The maximum atomic E-state index is 13.1. The molecule has 0 saturated carbocycles. The van der Waals surface area contributed by atoms with Gasteiger partial charge in [-0.1, -0.05) is 48.4 Å². The van der Waals surface area contributed by atoms with Gasteiger partial charge in [0.2, 0.25) is 5.91 Å². The molecule has 4 nitrogen and oxygen atoms in total. The van der Waals surface area contributed by atoms with Crippen molar-refractivity contribution in [1.82, 2.24) is 9.88 Å². The second-order valence-corrected chi connectivity index (χ2v) is 9.35. The lowest BCUT2D eigenvalue weighted by atomic mass is 10.3. The van der Waals surface area contributed by atoms with E-state index in [1.807, 2.05) is 42.5 Å². The first-order valence-electron chi connectivity index (χ1n) is 9.47. The molecule has 0 radical (unpaired) electrons. The third kappa shape index (κ3) is 6.74. The van der Waals surface area contributed by atoms with Crippen LogP contribution in [0.3, 0.4) is 0 Å². The molecular weight excluding hydrogens is 481 g/mol. The molecule has 0 aliphatic rings. The predicted molar refractivity (Wildman–Crippen MR) is 134 cm³/mol. The number of halogens is 3. The van der Waals surface area contributed by atoms with Crippen LogP contribution in [0.25, 0.3) is 10.2 Å². The van der Waals surface area contributed by atoms with E-state index in [0.717, 1.165) is 39.9 Å². The summed E-state index contributed by atoms with van der Waals surface area (Å²) < 4.78 is 0.985. The summed E-state index contributed by atoms with van der Waals surface area (Å²) in [7, 11) is 0. The van der Waals surface area contributed by atoms with Gasteiger partial charge in [-0.15, -0.1) is 24.2 Å². The molecule has 162 valence electrons. The topological polar surface area (TPSA) is 36.4 Å². The van der Waals surface area contributed by atoms with Gasteiger partial charge >= 0.3 is 0 Å². The van der Waals surface area contributed by atoms with Crippen LogP contribution in [-0.4, -0.2) is 47.7 Å². The first-order valence-corrected chi connectivity index (χ1v) is 12.0. The van der Waals surface area contributed by atoms with Crippen molar-refractivity contribution in [3.05, 3.63) is 52.5 Å². The Morgan fingerprint density at radius 2 is 1.70 bits per heavy atom. The molecule has 0 saturated heterocycles. The Balaban J connectivity index is 0.00000320. The van der Waals surface area contributed by atoms with E-state index in [-0.39, 0.29) is 18.3 Å². The molecule has 0 bridgehead atoms. The fourth-order valence-electron chi connectivity index (χ4n) is 2.86. The molecule has 0 fully saturated rings. The molecule has 3 aromatic rings. The van der Waals surface area contributed by atoms with Gasteiger partial charge in [-0.25, -0.2) is 4.98 Å². The first-order chi connectivity index (χ1) is 14.0. The van der Waals surface area contributed by atoms with Crippen LogP contribution in [0.2, 0.25) is 10.0 Å². The number of carbonyl (C=O) groups is 1. The van der Waals surface area contributed by atoms with E-state index in [2.05, 4.69) is 18.7 Å². The number of aromatic nitrogens is 1. The van der Waals surface area contributed by atoms with Crippen LogP contribution < -0.4 is 4.90 Å². The van der Waals surface area contributed by atoms with Crippen LogP contribution in [0.4, 0.5) is 5.13 Å². The van der Waals surface area contributed by atoms with Crippen LogP contribution in [0.1, 0.15) is 13.8 Å². The monoisotopic (exact) mass is 503 g/mol. The highest BCUT2D eigenvalue weighted by Crippen LogP contribution is 2.31. The Hall–Kier alpha value is -1.02. The summed E-state index contributed by atoms with van der Waals surface area (Å²) in [6.45, 7) is 7.58. The van der Waals surface area contributed by atoms with Crippen molar-refractivity contribution in [1.29, 1.82) is 0 Å². The van der Waals surface area contributed by atoms with Crippen LogP contribution >= 0.6 is 58.7 Å². The smallest absolute Gasteiger partial charge is 0.239 e. The largest absolute Gasteiger partial charge is 0.302 e. The summed E-state index contributed by atoms with van der Waals surface area (Å²) in [5.41, 5.74) is 0.861. The minimum atomic E-state index is 0. The van der Waals surface area contributed by atoms with Crippen molar-refractivity contribution < 1.29 is 4.79 Å². The molecular formula is C21H24Cl3N3OS2. The van der Waals surface area contributed by atoms with Gasteiger partial charge < -0.3 is 4.90 Å². The van der Waals surface area contributed by atoms with E-state index in [4.69, 9.17) is 28.2 Å². The maximum Gasteiger partial charge on any atom is 0.239 e. The Bertz CT molecular complexity index is 962. The first kappa shape index (κ1) is 25.2. The fourth-order valence-corrected chi connectivity index (χ4v) is 5.05. The van der Waals surface area contributed by atoms with Crippen molar-refractivity contribution >= 4 is 80.0 Å². The highest BCUT2D eigenvalue weighted by molar-refractivity contribution is 8.00. The summed E-state index contributed by atoms with van der Waals surface area (Å²) in [5, 5.41) is 2.08. The third-order valence-corrected chi connectivity index (χ3v) is 7.11. The molecule has 0 aliphatic heterocycles. The van der Waals surface area contributed by atoms with Crippen LogP contribution in [0.5, 0.6) is 0 Å². The summed E-state index contributed by atoms with van der Waals surface area (Å²) in [4.78, 5) is 22.9. The number of amides is 1. The van der Waals surface area contributed by atoms with Gasteiger partial charge in [0, 0.05) is 28.0 Å². The zero-order chi connectivity index (χ0) is 20.8. The zero-order valence-corrected chi connectivity index (χ0v) is 20.8. The van der Waals surface area contributed by atoms with E-state index >= 15 is 0 Å². The van der Waals surface area contributed by atoms with Gasteiger partial charge in [0.25, 0.3) is 0 Å². The Labute approximate surface area is 202 Å². The van der Waals surface area contributed by atoms with E-state index in [9.17, 15) is 4.79 Å². The normalized spacial score (nSPS) is 11.0. The average Bonchev–Trinajstić information content (AvgIpc) is 3.13. The van der Waals surface area contributed by atoms with Crippen molar-refractivity contribution in [3.63, 3.8) is 0 Å². The summed E-state index contributed by atoms with van der Waals surface area (Å²) >= 11 is 15.1. The lowest BCUT2D eigenvalue weighted by Crippen LogP contribution is -2.39. The molecule has 1 aromatic heterocycles. The number of hydrogen-bond acceptors (Lipinski definition) is 5. The second-order valence-electron chi connectivity index (χ2n) is 6.42. The van der Waals surface area contributed by atoms with Crippen LogP contribution in [-0.2, 0) is 4.79 Å². The fraction of sp³-hybridized carbons (Fsp3) is 0.333. The molecule has 1 amide bonds. The summed E-state index contributed by atoms with van der Waals surface area (Å²) in [6, 6.07) is 13.2. The molecule has 0 aliphatic carbocycles. The van der Waals surface area contributed by atoms with Gasteiger partial charge in [0.05, 0.1) is 16.0 Å². The van der Waals surface area contributed by atoms with Gasteiger partial charge in [-0.3, -0.25) is 9.69 Å². The van der Waals surface area contributed by atoms with Gasteiger partial charge in [-0.05, 0) is 55.6 Å². The number of fused-ring (bicyclic) bond motifs is 1. The number of thioether (sulfide) groups is 1. The minimum absolute atomic E-state index is 0. The lowest BCUT2D eigenvalue weighted by Gasteiger charge is -2.24. The Kier molecular flexibility index (Phi) is 10.2. The van der Waals surface area contributed by atoms with E-state index in [1.54, 1.807) is 4.90 Å². The highest BCUT2D eigenvalue weighted by Gasteiger charge is 2.20. The predicted octanol–water partition coefficient (Wildman–Crippen LogP) is 6.49. The zero-order valence-electron chi connectivity index (χ0n) is 16.8. The molecule has 30 heavy (non-hydrogen) atoms. The molecule has 0 atom stereocenters. The van der Waals surface area contributed by atoms with E-state index in [1.165, 1.54) is 23.1 Å². The standard InChI is InChI=1S/C21H23Cl2N3OS2.ClH/c1-3-25(4-2)11-12-26(20(27)14-28-17-8-5-15(22)6-9-17)21-24-18-10-7-16(23)13-19(18)29-21;/h5-10,13H,3-4,11-12,14H2,1-2H3;1H. The average molecular weight is 505 g/mol. The number of nitrogens with zero attached hydrogens (tertiary/aromatic N) is 3. The molecule has 0 spiro atoms. The Morgan fingerprint density at radius 3 is 2.37 bits per heavy atom. The lowest BCUT2D eigenvalue weighted by molar-refractivity contribution is -0.116.